The van der Waals surface area contributed by atoms with E-state index in [1.54, 1.807) is 4.57 Å². The molecule has 6 rings (SSSR count). The molecule has 0 atom stereocenters. The van der Waals surface area contributed by atoms with E-state index in [1.165, 1.54) is 0 Å². The summed E-state index contributed by atoms with van der Waals surface area (Å²) in [4.78, 5) is 21.4. The van der Waals surface area contributed by atoms with Crippen LogP contribution >= 0.6 is 0 Å². The van der Waals surface area contributed by atoms with Crippen LogP contribution in [0.2, 0.25) is 0 Å². The van der Waals surface area contributed by atoms with Crippen molar-refractivity contribution in [3.63, 3.8) is 0 Å². The van der Waals surface area contributed by atoms with Gasteiger partial charge in [-0.2, -0.15) is 0 Å². The Bertz CT molecular complexity index is 1530. The van der Waals surface area contributed by atoms with Gasteiger partial charge in [-0.1, -0.05) is 12.1 Å². The van der Waals surface area contributed by atoms with Gasteiger partial charge in [-0.15, -0.1) is 0 Å². The lowest BCUT2D eigenvalue weighted by atomic mass is 9.94. The van der Waals surface area contributed by atoms with Crippen LogP contribution < -0.4 is 10.9 Å². The van der Waals surface area contributed by atoms with E-state index in [2.05, 4.69) is 56.3 Å². The number of aromatic nitrogens is 4. The van der Waals surface area contributed by atoms with Gasteiger partial charge in [0, 0.05) is 54.4 Å². The Balaban J connectivity index is 1.49. The first-order valence-corrected chi connectivity index (χ1v) is 10.4. The predicted molar refractivity (Wildman–Crippen MR) is 122 cm³/mol. The number of pyridine rings is 2. The second-order valence-electron chi connectivity index (χ2n) is 8.07. The number of benzene rings is 2. The SMILES string of the molecule is Cn1cc(-c2ccc3c(c2)ncn3-c2ccc3cnccc3c2)c2c(c1=O)CCNC2. The molecule has 6 heteroatoms. The maximum atomic E-state index is 12.6. The van der Waals surface area contributed by atoms with Crippen LogP contribution in [-0.2, 0) is 20.0 Å². The van der Waals surface area contributed by atoms with Gasteiger partial charge in [0.25, 0.3) is 5.56 Å². The quantitative estimate of drug-likeness (QED) is 0.486. The first-order valence-electron chi connectivity index (χ1n) is 10.4. The lowest BCUT2D eigenvalue weighted by Gasteiger charge is -2.21. The lowest BCUT2D eigenvalue weighted by Crippen LogP contribution is -2.32. The van der Waals surface area contributed by atoms with Gasteiger partial charge in [0.1, 0.15) is 6.33 Å². The number of fused-ring (bicyclic) bond motifs is 3. The zero-order valence-corrected chi connectivity index (χ0v) is 17.2. The molecule has 0 saturated heterocycles. The molecule has 0 aliphatic carbocycles. The highest BCUT2D eigenvalue weighted by Crippen LogP contribution is 2.30. The third-order valence-corrected chi connectivity index (χ3v) is 6.20. The van der Waals surface area contributed by atoms with Crippen molar-refractivity contribution >= 4 is 21.8 Å². The van der Waals surface area contributed by atoms with Crippen molar-refractivity contribution in [2.45, 2.75) is 13.0 Å². The summed E-state index contributed by atoms with van der Waals surface area (Å²) in [6, 6.07) is 14.7. The lowest BCUT2D eigenvalue weighted by molar-refractivity contribution is 0.629. The summed E-state index contributed by atoms with van der Waals surface area (Å²) >= 11 is 0. The number of nitrogens with zero attached hydrogens (tertiary/aromatic N) is 4. The van der Waals surface area contributed by atoms with Crippen LogP contribution in [0.1, 0.15) is 11.1 Å². The molecule has 3 aromatic heterocycles. The number of imidazole rings is 1. The van der Waals surface area contributed by atoms with Crippen LogP contribution in [-0.4, -0.2) is 25.6 Å². The first-order chi connectivity index (χ1) is 15.2. The molecule has 6 nitrogen and oxygen atoms in total. The van der Waals surface area contributed by atoms with Crippen LogP contribution in [0, 0.1) is 0 Å². The molecule has 1 N–H and O–H groups in total. The third kappa shape index (κ3) is 2.87. The van der Waals surface area contributed by atoms with Gasteiger partial charge in [-0.05, 0) is 59.8 Å². The van der Waals surface area contributed by atoms with E-state index < -0.39 is 0 Å². The molecule has 152 valence electrons. The van der Waals surface area contributed by atoms with Crippen LogP contribution in [0.5, 0.6) is 0 Å². The fourth-order valence-corrected chi connectivity index (χ4v) is 4.58. The van der Waals surface area contributed by atoms with Gasteiger partial charge < -0.3 is 9.88 Å². The minimum absolute atomic E-state index is 0.108. The number of aryl methyl sites for hydroxylation is 1. The molecule has 1 aliphatic heterocycles. The molecule has 0 bridgehead atoms. The van der Waals surface area contributed by atoms with Crippen molar-refractivity contribution in [2.75, 3.05) is 6.54 Å². The predicted octanol–water partition coefficient (Wildman–Crippen LogP) is 3.59. The maximum Gasteiger partial charge on any atom is 0.253 e. The summed E-state index contributed by atoms with van der Waals surface area (Å²) in [5.41, 5.74) is 7.37. The van der Waals surface area contributed by atoms with E-state index in [1.807, 2.05) is 38.0 Å². The Morgan fingerprint density at radius 2 is 1.97 bits per heavy atom. The number of hydrogen-bond donors (Lipinski definition) is 1. The highest BCUT2D eigenvalue weighted by molar-refractivity contribution is 5.87. The zero-order valence-electron chi connectivity index (χ0n) is 17.2. The van der Waals surface area contributed by atoms with Gasteiger partial charge in [0.05, 0.1) is 11.0 Å². The van der Waals surface area contributed by atoms with Gasteiger partial charge >= 0.3 is 0 Å². The third-order valence-electron chi connectivity index (χ3n) is 6.20. The van der Waals surface area contributed by atoms with Crippen molar-refractivity contribution < 1.29 is 0 Å². The largest absolute Gasteiger partial charge is 0.318 e. The molecule has 0 fully saturated rings. The summed E-state index contributed by atoms with van der Waals surface area (Å²) in [6.07, 6.45) is 8.27. The topological polar surface area (TPSA) is 64.7 Å². The summed E-state index contributed by atoms with van der Waals surface area (Å²) < 4.78 is 3.81. The minimum Gasteiger partial charge on any atom is -0.318 e. The smallest absolute Gasteiger partial charge is 0.253 e. The van der Waals surface area contributed by atoms with E-state index in [0.29, 0.717) is 0 Å². The monoisotopic (exact) mass is 407 g/mol. The summed E-state index contributed by atoms with van der Waals surface area (Å²) in [6.45, 7) is 1.57. The first kappa shape index (κ1) is 18.0. The van der Waals surface area contributed by atoms with Crippen molar-refractivity contribution in [3.8, 4) is 16.8 Å². The Morgan fingerprint density at radius 1 is 1.03 bits per heavy atom. The van der Waals surface area contributed by atoms with E-state index in [-0.39, 0.29) is 5.56 Å². The molecule has 0 saturated carbocycles. The molecule has 4 heterocycles. The van der Waals surface area contributed by atoms with Crippen molar-refractivity contribution in [1.82, 2.24) is 24.4 Å². The fraction of sp³-hybridized carbons (Fsp3) is 0.160. The summed E-state index contributed by atoms with van der Waals surface area (Å²) in [5.74, 6) is 0. The van der Waals surface area contributed by atoms with Crippen molar-refractivity contribution in [3.05, 3.63) is 88.9 Å². The number of hydrogen-bond acceptors (Lipinski definition) is 4. The van der Waals surface area contributed by atoms with E-state index in [9.17, 15) is 4.79 Å². The molecule has 2 aromatic carbocycles. The van der Waals surface area contributed by atoms with Crippen LogP contribution in [0.3, 0.4) is 0 Å². The van der Waals surface area contributed by atoms with Gasteiger partial charge in [-0.25, -0.2) is 4.98 Å². The number of nitrogens with one attached hydrogen (secondary N) is 1. The van der Waals surface area contributed by atoms with Crippen LogP contribution in [0.4, 0.5) is 0 Å². The zero-order chi connectivity index (χ0) is 20.9. The second kappa shape index (κ2) is 6.89. The molecule has 0 spiro atoms. The Hall–Kier alpha value is -3.77. The van der Waals surface area contributed by atoms with E-state index in [0.717, 1.165) is 69.3 Å². The molecule has 0 unspecified atom stereocenters. The van der Waals surface area contributed by atoms with Crippen molar-refractivity contribution in [1.29, 1.82) is 0 Å². The van der Waals surface area contributed by atoms with Crippen LogP contribution in [0.25, 0.3) is 38.6 Å². The highest BCUT2D eigenvalue weighted by Gasteiger charge is 2.19. The fourth-order valence-electron chi connectivity index (χ4n) is 4.58. The summed E-state index contributed by atoms with van der Waals surface area (Å²) in [7, 11) is 1.83. The Kier molecular flexibility index (Phi) is 4.01. The molecular weight excluding hydrogens is 386 g/mol. The molecule has 0 radical (unpaired) electrons. The number of rotatable bonds is 2. The maximum absolute atomic E-state index is 12.6. The Morgan fingerprint density at radius 3 is 2.90 bits per heavy atom. The molecule has 1 aliphatic rings. The molecule has 31 heavy (non-hydrogen) atoms. The molecular formula is C25H21N5O. The minimum atomic E-state index is 0.108. The van der Waals surface area contributed by atoms with E-state index >= 15 is 0 Å². The average molecular weight is 407 g/mol. The second-order valence-corrected chi connectivity index (χ2v) is 8.07. The average Bonchev–Trinajstić information content (AvgIpc) is 3.24. The van der Waals surface area contributed by atoms with Crippen molar-refractivity contribution in [2.24, 2.45) is 7.05 Å². The van der Waals surface area contributed by atoms with Gasteiger partial charge in [-0.3, -0.25) is 14.3 Å². The Labute approximate surface area is 178 Å². The van der Waals surface area contributed by atoms with E-state index in [4.69, 9.17) is 0 Å². The molecule has 5 aromatic rings. The highest BCUT2D eigenvalue weighted by atomic mass is 16.1. The summed E-state index contributed by atoms with van der Waals surface area (Å²) in [5, 5.41) is 5.67. The standard InChI is InChI=1S/C25H21N5O/c1-29-14-22(21-13-27-9-7-20(21)25(29)31)17-3-5-24-23(11-17)28-15-30(24)19-4-2-18-12-26-8-6-16(18)10-19/h2-6,8,10-12,14-15,27H,7,9,13H2,1H3. The van der Waals surface area contributed by atoms with Gasteiger partial charge in [0.15, 0.2) is 0 Å². The van der Waals surface area contributed by atoms with Gasteiger partial charge in [0.2, 0.25) is 0 Å². The van der Waals surface area contributed by atoms with Crippen LogP contribution in [0.15, 0.2) is 72.2 Å². The molecule has 0 amide bonds. The normalized spacial score (nSPS) is 13.6.